The number of hydrogen-bond acceptors (Lipinski definition) is 5. The van der Waals surface area contributed by atoms with Crippen LogP contribution in [-0.4, -0.2) is 54.8 Å². The Bertz CT molecular complexity index is 692. The molecule has 0 spiro atoms. The molecule has 4 atom stereocenters. The fourth-order valence-electron chi connectivity index (χ4n) is 3.84. The average molecular weight is 389 g/mol. The number of ether oxygens (including phenoxy) is 1. The fourth-order valence-corrected chi connectivity index (χ4v) is 8.41. The Morgan fingerprint density at radius 2 is 1.33 bits per heavy atom. The topological polar surface area (TPSA) is 79.2 Å². The van der Waals surface area contributed by atoms with Gasteiger partial charge in [0.2, 0.25) is 0 Å². The van der Waals surface area contributed by atoms with Crippen molar-refractivity contribution in [2.45, 2.75) is 50.4 Å². The molecule has 2 aromatic carbocycles. The maximum absolute atomic E-state index is 10.2. The van der Waals surface area contributed by atoms with E-state index in [1.165, 1.54) is 0 Å². The van der Waals surface area contributed by atoms with Crippen molar-refractivity contribution in [2.75, 3.05) is 6.61 Å². The minimum absolute atomic E-state index is 0.0859. The first-order chi connectivity index (χ1) is 12.8. The molecule has 0 radical (unpaired) electrons. The summed E-state index contributed by atoms with van der Waals surface area (Å²) in [4.78, 5) is 0. The zero-order valence-corrected chi connectivity index (χ0v) is 16.9. The van der Waals surface area contributed by atoms with Crippen LogP contribution in [0.5, 0.6) is 0 Å². The van der Waals surface area contributed by atoms with Gasteiger partial charge in [0.05, 0.1) is 6.61 Å². The monoisotopic (exact) mass is 388 g/mol. The highest BCUT2D eigenvalue weighted by atomic mass is 28.4. The van der Waals surface area contributed by atoms with Gasteiger partial charge < -0.3 is 24.5 Å². The van der Waals surface area contributed by atoms with E-state index in [1.807, 2.05) is 36.4 Å². The molecule has 146 valence electrons. The van der Waals surface area contributed by atoms with Crippen LogP contribution in [0, 0.1) is 0 Å². The molecule has 3 N–H and O–H groups in total. The summed E-state index contributed by atoms with van der Waals surface area (Å²) >= 11 is 0. The minimum atomic E-state index is -2.74. The van der Waals surface area contributed by atoms with Crippen molar-refractivity contribution < 1.29 is 24.5 Å². The second kappa shape index (κ2) is 7.83. The smallest absolute Gasteiger partial charge is 0.261 e. The molecular weight excluding hydrogens is 360 g/mol. The Balaban J connectivity index is 2.02. The molecule has 0 aliphatic carbocycles. The van der Waals surface area contributed by atoms with Crippen molar-refractivity contribution >= 4 is 18.7 Å². The first-order valence-electron chi connectivity index (χ1n) is 9.22. The summed E-state index contributed by atoms with van der Waals surface area (Å²) in [7, 11) is -2.74. The van der Waals surface area contributed by atoms with Crippen molar-refractivity contribution in [3.63, 3.8) is 0 Å². The molecule has 1 heterocycles. The molecule has 3 rings (SSSR count). The van der Waals surface area contributed by atoms with Gasteiger partial charge in [-0.15, -0.1) is 0 Å². The Hall–Kier alpha value is -1.54. The van der Waals surface area contributed by atoms with E-state index in [0.717, 1.165) is 10.4 Å². The third-order valence-electron chi connectivity index (χ3n) is 5.22. The van der Waals surface area contributed by atoms with Gasteiger partial charge in [-0.05, 0) is 15.4 Å². The van der Waals surface area contributed by atoms with Crippen LogP contribution < -0.4 is 10.4 Å². The van der Waals surface area contributed by atoms with Gasteiger partial charge in [-0.25, -0.2) is 0 Å². The van der Waals surface area contributed by atoms with Gasteiger partial charge in [0, 0.05) is 0 Å². The molecule has 5 nitrogen and oxygen atoms in total. The minimum Gasteiger partial charge on any atom is -0.405 e. The number of rotatable bonds is 5. The Kier molecular flexibility index (Phi) is 5.86. The van der Waals surface area contributed by atoms with Crippen LogP contribution in [0.3, 0.4) is 0 Å². The Morgan fingerprint density at radius 1 is 0.852 bits per heavy atom. The molecule has 0 unspecified atom stereocenters. The first kappa shape index (κ1) is 20.2. The van der Waals surface area contributed by atoms with Gasteiger partial charge >= 0.3 is 0 Å². The van der Waals surface area contributed by atoms with Crippen LogP contribution in [0.4, 0.5) is 0 Å². The van der Waals surface area contributed by atoms with E-state index in [1.54, 1.807) is 0 Å². The predicted octanol–water partition coefficient (Wildman–Crippen LogP) is 1.00. The summed E-state index contributed by atoms with van der Waals surface area (Å²) in [5.41, 5.74) is 0. The lowest BCUT2D eigenvalue weighted by Crippen LogP contribution is -2.67. The lowest BCUT2D eigenvalue weighted by Gasteiger charge is -2.43. The summed E-state index contributed by atoms with van der Waals surface area (Å²) < 4.78 is 12.0. The molecule has 27 heavy (non-hydrogen) atoms. The maximum atomic E-state index is 10.2. The number of benzene rings is 2. The van der Waals surface area contributed by atoms with E-state index in [9.17, 15) is 15.3 Å². The molecule has 0 amide bonds. The Morgan fingerprint density at radius 3 is 1.70 bits per heavy atom. The summed E-state index contributed by atoms with van der Waals surface area (Å²) in [6.45, 7) is 6.57. The van der Waals surface area contributed by atoms with E-state index in [4.69, 9.17) is 9.16 Å². The third kappa shape index (κ3) is 3.74. The molecule has 1 saturated heterocycles. The lowest BCUT2D eigenvalue weighted by atomic mass is 10.1. The zero-order chi connectivity index (χ0) is 19.7. The standard InChI is InChI=1S/C21H28O5Si/c1-21(2,3)27(15-10-6-4-7-11-15,16-12-8-5-9-13-16)25-14-17-18(22)19(23)20(24)26-17/h4-13,17-20,22-24H,14H2,1-3H3/t17-,18-,19+,20-/m1/s1. The first-order valence-corrected chi connectivity index (χ1v) is 11.1. The van der Waals surface area contributed by atoms with Crippen LogP contribution in [0.25, 0.3) is 0 Å². The van der Waals surface area contributed by atoms with Gasteiger partial charge in [-0.3, -0.25) is 0 Å². The average Bonchev–Trinajstić information content (AvgIpc) is 2.90. The fraction of sp³-hybridized carbons (Fsp3) is 0.429. The molecule has 0 saturated carbocycles. The predicted molar refractivity (Wildman–Crippen MR) is 106 cm³/mol. The van der Waals surface area contributed by atoms with Crippen molar-refractivity contribution in [3.8, 4) is 0 Å². The number of aliphatic hydroxyl groups is 3. The summed E-state index contributed by atoms with van der Waals surface area (Å²) in [6, 6.07) is 20.3. The molecule has 0 aromatic heterocycles. The second-order valence-electron chi connectivity index (χ2n) is 8.02. The number of hydrogen-bond donors (Lipinski definition) is 3. The van der Waals surface area contributed by atoms with E-state index in [0.29, 0.717) is 0 Å². The molecular formula is C21H28O5Si. The van der Waals surface area contributed by atoms with E-state index < -0.39 is 32.9 Å². The van der Waals surface area contributed by atoms with Crippen LogP contribution in [0.15, 0.2) is 60.7 Å². The molecule has 0 bridgehead atoms. The van der Waals surface area contributed by atoms with Gasteiger partial charge in [0.1, 0.15) is 18.3 Å². The lowest BCUT2D eigenvalue weighted by molar-refractivity contribution is -0.132. The van der Waals surface area contributed by atoms with Gasteiger partial charge in [-0.1, -0.05) is 81.4 Å². The van der Waals surface area contributed by atoms with Gasteiger partial charge in [0.25, 0.3) is 8.32 Å². The highest BCUT2D eigenvalue weighted by molar-refractivity contribution is 6.99. The van der Waals surface area contributed by atoms with E-state index >= 15 is 0 Å². The van der Waals surface area contributed by atoms with Crippen molar-refractivity contribution in [1.29, 1.82) is 0 Å². The largest absolute Gasteiger partial charge is 0.405 e. The molecule has 1 aliphatic heterocycles. The van der Waals surface area contributed by atoms with E-state index in [2.05, 4.69) is 45.0 Å². The van der Waals surface area contributed by atoms with E-state index in [-0.39, 0.29) is 11.6 Å². The van der Waals surface area contributed by atoms with Crippen LogP contribution >= 0.6 is 0 Å². The molecule has 1 aliphatic rings. The van der Waals surface area contributed by atoms with Crippen molar-refractivity contribution in [3.05, 3.63) is 60.7 Å². The van der Waals surface area contributed by atoms with Crippen LogP contribution in [-0.2, 0) is 9.16 Å². The zero-order valence-electron chi connectivity index (χ0n) is 15.9. The summed E-state index contributed by atoms with van der Waals surface area (Å²) in [5.74, 6) is 0. The number of aliphatic hydroxyl groups excluding tert-OH is 3. The quantitative estimate of drug-likeness (QED) is 0.666. The highest BCUT2D eigenvalue weighted by Crippen LogP contribution is 2.37. The molecule has 2 aromatic rings. The van der Waals surface area contributed by atoms with Crippen LogP contribution in [0.2, 0.25) is 5.04 Å². The van der Waals surface area contributed by atoms with Crippen LogP contribution in [0.1, 0.15) is 20.8 Å². The van der Waals surface area contributed by atoms with Gasteiger partial charge in [0.15, 0.2) is 6.29 Å². The summed E-state index contributed by atoms with van der Waals surface area (Å²) in [5, 5.41) is 31.7. The van der Waals surface area contributed by atoms with Crippen molar-refractivity contribution in [2.24, 2.45) is 0 Å². The highest BCUT2D eigenvalue weighted by Gasteiger charge is 2.51. The maximum Gasteiger partial charge on any atom is 0.261 e. The van der Waals surface area contributed by atoms with Crippen molar-refractivity contribution in [1.82, 2.24) is 0 Å². The normalized spacial score (nSPS) is 26.3. The summed E-state index contributed by atoms with van der Waals surface area (Å²) in [6.07, 6.45) is -4.68. The Labute approximate surface area is 161 Å². The second-order valence-corrected chi connectivity index (χ2v) is 12.3. The molecule has 1 fully saturated rings. The van der Waals surface area contributed by atoms with Gasteiger partial charge in [-0.2, -0.15) is 0 Å². The third-order valence-corrected chi connectivity index (χ3v) is 10.2. The molecule has 6 heteroatoms. The SMILES string of the molecule is CC(C)(C)[Si](OC[C@H]1O[C@@H](O)[C@@H](O)[C@@H]1O)(c1ccccc1)c1ccccc1.